The summed E-state index contributed by atoms with van der Waals surface area (Å²) in [6.07, 6.45) is 1.82. The molecule has 36 heavy (non-hydrogen) atoms. The molecule has 0 aromatic heterocycles. The van der Waals surface area contributed by atoms with Crippen molar-refractivity contribution in [3.63, 3.8) is 0 Å². The fourth-order valence-electron chi connectivity index (χ4n) is 5.47. The van der Waals surface area contributed by atoms with Crippen molar-refractivity contribution in [2.75, 3.05) is 19.6 Å². The summed E-state index contributed by atoms with van der Waals surface area (Å²) in [6, 6.07) is 9.97. The fraction of sp³-hybridized carbons (Fsp3) is 0.500. The number of likely N-dealkylation sites (tertiary alicyclic amines) is 2. The van der Waals surface area contributed by atoms with Gasteiger partial charge in [-0.2, -0.15) is 0 Å². The summed E-state index contributed by atoms with van der Waals surface area (Å²) >= 11 is 12.5. The van der Waals surface area contributed by atoms with Crippen LogP contribution in [0.25, 0.3) is 0 Å². The molecule has 2 aromatic carbocycles. The molecule has 2 aromatic rings. The number of amides is 2. The molecule has 0 N–H and O–H groups in total. The number of benzene rings is 2. The van der Waals surface area contributed by atoms with Gasteiger partial charge in [0, 0.05) is 41.5 Å². The molecule has 0 saturated carbocycles. The van der Waals surface area contributed by atoms with Crippen LogP contribution in [0.3, 0.4) is 0 Å². The molecule has 2 heterocycles. The highest BCUT2D eigenvalue weighted by Crippen LogP contribution is 2.41. The Morgan fingerprint density at radius 3 is 2.36 bits per heavy atom. The van der Waals surface area contributed by atoms with E-state index in [0.717, 1.165) is 29.5 Å². The predicted octanol–water partition coefficient (Wildman–Crippen LogP) is 7.15. The van der Waals surface area contributed by atoms with Crippen molar-refractivity contribution >= 4 is 35.2 Å². The molecule has 2 fully saturated rings. The molecule has 2 saturated heterocycles. The van der Waals surface area contributed by atoms with Gasteiger partial charge in [-0.25, -0.2) is 9.18 Å². The first-order valence-electron chi connectivity index (χ1n) is 12.4. The van der Waals surface area contributed by atoms with E-state index in [1.165, 1.54) is 12.1 Å². The average Bonchev–Trinajstić information content (AvgIpc) is 3.26. The van der Waals surface area contributed by atoms with Crippen LogP contribution in [0, 0.1) is 18.7 Å². The Kier molecular flexibility index (Phi) is 7.86. The molecule has 3 atom stereocenters. The lowest BCUT2D eigenvalue weighted by molar-refractivity contribution is -0.139. The molecule has 194 valence electrons. The Bertz CT molecular complexity index is 1130. The summed E-state index contributed by atoms with van der Waals surface area (Å²) in [6.45, 7) is 8.74. The number of nitrogens with zero attached hydrogens (tertiary/aromatic N) is 2. The van der Waals surface area contributed by atoms with Crippen molar-refractivity contribution in [1.82, 2.24) is 9.80 Å². The highest BCUT2D eigenvalue weighted by molar-refractivity contribution is 6.34. The molecule has 2 amide bonds. The fourth-order valence-corrected chi connectivity index (χ4v) is 6.01. The highest BCUT2D eigenvalue weighted by Gasteiger charge is 2.42. The van der Waals surface area contributed by atoms with E-state index in [9.17, 15) is 14.0 Å². The summed E-state index contributed by atoms with van der Waals surface area (Å²) in [5, 5.41) is 1.09. The van der Waals surface area contributed by atoms with Gasteiger partial charge in [0.15, 0.2) is 0 Å². The Morgan fingerprint density at radius 1 is 1.03 bits per heavy atom. The first-order chi connectivity index (χ1) is 16.9. The van der Waals surface area contributed by atoms with Crippen molar-refractivity contribution in [1.29, 1.82) is 0 Å². The van der Waals surface area contributed by atoms with E-state index < -0.39 is 11.7 Å². The number of carbonyl (C=O) groups is 2. The van der Waals surface area contributed by atoms with Crippen molar-refractivity contribution in [2.24, 2.45) is 5.92 Å². The third kappa shape index (κ3) is 5.97. The van der Waals surface area contributed by atoms with E-state index in [2.05, 4.69) is 0 Å². The zero-order chi connectivity index (χ0) is 26.2. The monoisotopic (exact) mass is 534 g/mol. The maximum absolute atomic E-state index is 14.1. The van der Waals surface area contributed by atoms with Gasteiger partial charge in [-0.1, -0.05) is 29.3 Å². The van der Waals surface area contributed by atoms with Crippen molar-refractivity contribution in [3.05, 3.63) is 69.0 Å². The molecular formula is C28H33Cl2FN2O3. The molecule has 5 nitrogen and oxygen atoms in total. The molecule has 0 radical (unpaired) electrons. The van der Waals surface area contributed by atoms with E-state index in [4.69, 9.17) is 27.9 Å². The Hall–Kier alpha value is -2.31. The standard InChI is InChI=1S/C28H33Cl2FN2O3/c1-17-12-21(31)7-8-22(17)24-16-32(27(35)36-28(2,3)4)11-9-23(24)26(34)33-10-5-6-25(33)18-13-19(29)15-20(30)14-18/h7-8,12-15,23-25H,5-6,9-11,16H2,1-4H3/t23-,24+,25?/m1/s1. The van der Waals surface area contributed by atoms with Gasteiger partial charge >= 0.3 is 6.09 Å². The van der Waals surface area contributed by atoms with Crippen LogP contribution in [-0.4, -0.2) is 47.0 Å². The number of carbonyl (C=O) groups excluding carboxylic acids is 2. The summed E-state index contributed by atoms with van der Waals surface area (Å²) in [4.78, 5) is 30.6. The third-order valence-corrected chi connectivity index (χ3v) is 7.45. The Labute approximate surface area is 222 Å². The van der Waals surface area contributed by atoms with E-state index in [0.29, 0.717) is 36.1 Å². The summed E-state index contributed by atoms with van der Waals surface area (Å²) in [7, 11) is 0. The van der Waals surface area contributed by atoms with Crippen LogP contribution in [-0.2, 0) is 9.53 Å². The van der Waals surface area contributed by atoms with Crippen LogP contribution in [0.2, 0.25) is 10.0 Å². The van der Waals surface area contributed by atoms with Gasteiger partial charge in [0.1, 0.15) is 11.4 Å². The second kappa shape index (κ2) is 10.6. The van der Waals surface area contributed by atoms with E-state index >= 15 is 0 Å². The van der Waals surface area contributed by atoms with E-state index in [-0.39, 0.29) is 29.6 Å². The van der Waals surface area contributed by atoms with Gasteiger partial charge in [-0.3, -0.25) is 4.79 Å². The maximum Gasteiger partial charge on any atom is 0.410 e. The lowest BCUT2D eigenvalue weighted by Gasteiger charge is -2.41. The van der Waals surface area contributed by atoms with Gasteiger partial charge in [0.05, 0.1) is 6.04 Å². The number of piperidine rings is 1. The molecule has 2 aliphatic heterocycles. The van der Waals surface area contributed by atoms with Crippen molar-refractivity contribution < 1.29 is 18.7 Å². The molecule has 8 heteroatoms. The molecule has 2 aliphatic rings. The largest absolute Gasteiger partial charge is 0.444 e. The minimum Gasteiger partial charge on any atom is -0.444 e. The average molecular weight is 535 g/mol. The first kappa shape index (κ1) is 26.7. The van der Waals surface area contributed by atoms with Gasteiger partial charge in [-0.05, 0) is 94.0 Å². The van der Waals surface area contributed by atoms with Gasteiger partial charge in [-0.15, -0.1) is 0 Å². The lowest BCUT2D eigenvalue weighted by Crippen LogP contribution is -2.49. The van der Waals surface area contributed by atoms with Gasteiger partial charge in [0.25, 0.3) is 0 Å². The van der Waals surface area contributed by atoms with Crippen molar-refractivity contribution in [3.8, 4) is 0 Å². The number of ether oxygens (including phenoxy) is 1. The number of aryl methyl sites for hydroxylation is 1. The molecular weight excluding hydrogens is 502 g/mol. The minimum atomic E-state index is -0.619. The van der Waals surface area contributed by atoms with Crippen LogP contribution in [0.5, 0.6) is 0 Å². The van der Waals surface area contributed by atoms with E-state index in [1.54, 1.807) is 17.0 Å². The second-order valence-corrected chi connectivity index (χ2v) is 11.7. The zero-order valence-corrected chi connectivity index (χ0v) is 22.7. The number of hydrogen-bond acceptors (Lipinski definition) is 3. The molecule has 4 rings (SSSR count). The maximum atomic E-state index is 14.1. The molecule has 0 bridgehead atoms. The molecule has 1 unspecified atom stereocenters. The third-order valence-electron chi connectivity index (χ3n) is 7.02. The van der Waals surface area contributed by atoms with Crippen LogP contribution in [0.4, 0.5) is 9.18 Å². The summed E-state index contributed by atoms with van der Waals surface area (Å²) in [5.41, 5.74) is 1.96. The Balaban J connectivity index is 1.64. The van der Waals surface area contributed by atoms with Crippen LogP contribution in [0.1, 0.15) is 68.7 Å². The topological polar surface area (TPSA) is 49.9 Å². The lowest BCUT2D eigenvalue weighted by atomic mass is 9.78. The van der Waals surface area contributed by atoms with E-state index in [1.807, 2.05) is 44.7 Å². The SMILES string of the molecule is Cc1cc(F)ccc1[C@@H]1CN(C(=O)OC(C)(C)C)CC[C@H]1C(=O)N1CCCC1c1cc(Cl)cc(Cl)c1. The predicted molar refractivity (Wildman–Crippen MR) is 140 cm³/mol. The molecule has 0 spiro atoms. The normalized spacial score (nSPS) is 22.6. The molecule has 0 aliphatic carbocycles. The second-order valence-electron chi connectivity index (χ2n) is 10.8. The van der Waals surface area contributed by atoms with Crippen LogP contribution >= 0.6 is 23.2 Å². The smallest absolute Gasteiger partial charge is 0.410 e. The van der Waals surface area contributed by atoms with Crippen molar-refractivity contribution in [2.45, 2.75) is 64.5 Å². The zero-order valence-electron chi connectivity index (χ0n) is 21.2. The Morgan fingerprint density at radius 2 is 1.72 bits per heavy atom. The van der Waals surface area contributed by atoms with Gasteiger partial charge in [0.2, 0.25) is 5.91 Å². The minimum absolute atomic E-state index is 0.0474. The van der Waals surface area contributed by atoms with Crippen LogP contribution in [0.15, 0.2) is 36.4 Å². The first-order valence-corrected chi connectivity index (χ1v) is 13.2. The quantitative estimate of drug-likeness (QED) is 0.420. The highest BCUT2D eigenvalue weighted by atomic mass is 35.5. The summed E-state index contributed by atoms with van der Waals surface area (Å²) in [5.74, 6) is -0.894. The number of rotatable bonds is 3. The van der Waals surface area contributed by atoms with Gasteiger partial charge < -0.3 is 14.5 Å². The summed E-state index contributed by atoms with van der Waals surface area (Å²) < 4.78 is 19.5. The number of hydrogen-bond donors (Lipinski definition) is 0. The number of halogens is 3. The van der Waals surface area contributed by atoms with Crippen LogP contribution < -0.4 is 0 Å².